The quantitative estimate of drug-likeness (QED) is 0.626. The Labute approximate surface area is 74.4 Å². The van der Waals surface area contributed by atoms with Gasteiger partial charge in [-0.15, -0.1) is 0 Å². The number of rotatable bonds is 6. The van der Waals surface area contributed by atoms with Gasteiger partial charge >= 0.3 is 0 Å². The molecule has 0 radical (unpaired) electrons. The maximum absolute atomic E-state index is 9.32. The van der Waals surface area contributed by atoms with Crippen LogP contribution in [-0.4, -0.2) is 23.8 Å². The van der Waals surface area contributed by atoms with Crippen LogP contribution in [0, 0.1) is 11.3 Å². The van der Waals surface area contributed by atoms with Gasteiger partial charge in [-0.1, -0.05) is 20.3 Å². The summed E-state index contributed by atoms with van der Waals surface area (Å²) in [5.74, 6) is 0. The molecule has 0 aromatic heterocycles. The fourth-order valence-corrected chi connectivity index (χ4v) is 0.995. The van der Waals surface area contributed by atoms with E-state index in [1.807, 2.05) is 13.8 Å². The van der Waals surface area contributed by atoms with Crippen LogP contribution in [0.5, 0.6) is 0 Å². The van der Waals surface area contributed by atoms with E-state index >= 15 is 0 Å². The van der Waals surface area contributed by atoms with Gasteiger partial charge in [-0.05, 0) is 12.8 Å². The van der Waals surface area contributed by atoms with Crippen LogP contribution in [0.3, 0.4) is 0 Å². The molecule has 2 N–H and O–H groups in total. The minimum absolute atomic E-state index is 0.114. The van der Waals surface area contributed by atoms with Gasteiger partial charge < -0.3 is 5.11 Å². The molecule has 0 rings (SSSR count). The zero-order chi connectivity index (χ0) is 9.40. The van der Waals surface area contributed by atoms with E-state index in [1.54, 1.807) is 0 Å². The molecular formula is C9H18N2O. The van der Waals surface area contributed by atoms with E-state index in [4.69, 9.17) is 5.26 Å². The largest absolute Gasteiger partial charge is 0.392 e. The standard InChI is InChI=1S/C9H18N2O/c1-3-5-9(12)7-11-8(4-2)6-10/h8-9,11-12H,3-5,7H2,1-2H3. The summed E-state index contributed by atoms with van der Waals surface area (Å²) in [6.45, 7) is 4.51. The molecule has 0 aromatic rings. The van der Waals surface area contributed by atoms with Crippen molar-refractivity contribution >= 4 is 0 Å². The minimum Gasteiger partial charge on any atom is -0.392 e. The molecule has 0 saturated carbocycles. The van der Waals surface area contributed by atoms with Gasteiger partial charge in [0.25, 0.3) is 0 Å². The Balaban J connectivity index is 3.46. The van der Waals surface area contributed by atoms with Crippen molar-refractivity contribution in [2.45, 2.75) is 45.3 Å². The number of nitrogens with one attached hydrogen (secondary N) is 1. The molecule has 0 aromatic carbocycles. The van der Waals surface area contributed by atoms with Crippen LogP contribution in [0.15, 0.2) is 0 Å². The molecule has 70 valence electrons. The topological polar surface area (TPSA) is 56.0 Å². The Morgan fingerprint density at radius 2 is 2.17 bits per heavy atom. The third kappa shape index (κ3) is 5.11. The first-order valence-corrected chi connectivity index (χ1v) is 4.55. The van der Waals surface area contributed by atoms with Crippen LogP contribution >= 0.6 is 0 Å². The molecule has 0 saturated heterocycles. The fourth-order valence-electron chi connectivity index (χ4n) is 0.995. The van der Waals surface area contributed by atoms with Crippen LogP contribution in [0.25, 0.3) is 0 Å². The highest BCUT2D eigenvalue weighted by Crippen LogP contribution is 1.95. The van der Waals surface area contributed by atoms with E-state index in [9.17, 15) is 5.11 Å². The van der Waals surface area contributed by atoms with Crippen LogP contribution in [0.4, 0.5) is 0 Å². The highest BCUT2D eigenvalue weighted by molar-refractivity contribution is 4.88. The van der Waals surface area contributed by atoms with E-state index in [2.05, 4.69) is 11.4 Å². The van der Waals surface area contributed by atoms with E-state index in [1.165, 1.54) is 0 Å². The molecule has 3 heteroatoms. The van der Waals surface area contributed by atoms with Gasteiger partial charge in [0.1, 0.15) is 0 Å². The van der Waals surface area contributed by atoms with E-state index < -0.39 is 0 Å². The minimum atomic E-state index is -0.308. The summed E-state index contributed by atoms with van der Waals surface area (Å²) >= 11 is 0. The molecule has 2 atom stereocenters. The van der Waals surface area contributed by atoms with E-state index in [0.29, 0.717) is 6.54 Å². The van der Waals surface area contributed by atoms with E-state index in [0.717, 1.165) is 19.3 Å². The Morgan fingerprint density at radius 3 is 2.58 bits per heavy atom. The average molecular weight is 170 g/mol. The third-order valence-corrected chi connectivity index (χ3v) is 1.79. The molecule has 0 aliphatic rings. The Bertz CT molecular complexity index is 142. The lowest BCUT2D eigenvalue weighted by molar-refractivity contribution is 0.158. The number of nitriles is 1. The molecule has 2 unspecified atom stereocenters. The summed E-state index contributed by atoms with van der Waals surface area (Å²) < 4.78 is 0. The summed E-state index contributed by atoms with van der Waals surface area (Å²) in [5, 5.41) is 20.9. The molecule has 0 fully saturated rings. The zero-order valence-corrected chi connectivity index (χ0v) is 7.88. The number of hydrogen-bond donors (Lipinski definition) is 2. The van der Waals surface area contributed by atoms with Gasteiger partial charge in [-0.2, -0.15) is 5.26 Å². The first-order chi connectivity index (χ1) is 5.74. The predicted octanol–water partition coefficient (Wildman–Crippen LogP) is 1.04. The normalized spacial score (nSPS) is 15.2. The first-order valence-electron chi connectivity index (χ1n) is 4.55. The molecule has 3 nitrogen and oxygen atoms in total. The lowest BCUT2D eigenvalue weighted by atomic mass is 10.2. The molecule has 0 bridgehead atoms. The van der Waals surface area contributed by atoms with Crippen LogP contribution in [0.1, 0.15) is 33.1 Å². The number of aliphatic hydroxyl groups excluding tert-OH is 1. The van der Waals surface area contributed by atoms with Gasteiger partial charge in [0, 0.05) is 6.54 Å². The molecule has 0 amide bonds. The Hall–Kier alpha value is -0.590. The average Bonchev–Trinajstić information content (AvgIpc) is 2.07. The fraction of sp³-hybridized carbons (Fsp3) is 0.889. The summed E-state index contributed by atoms with van der Waals surface area (Å²) in [6.07, 6.45) is 2.26. The van der Waals surface area contributed by atoms with Gasteiger partial charge in [0.2, 0.25) is 0 Å². The third-order valence-electron chi connectivity index (χ3n) is 1.79. The van der Waals surface area contributed by atoms with Gasteiger partial charge in [-0.25, -0.2) is 0 Å². The van der Waals surface area contributed by atoms with Crippen molar-refractivity contribution in [1.82, 2.24) is 5.32 Å². The van der Waals surface area contributed by atoms with Gasteiger partial charge in [0.15, 0.2) is 0 Å². The number of hydrogen-bond acceptors (Lipinski definition) is 3. The summed E-state index contributed by atoms with van der Waals surface area (Å²) in [6, 6.07) is 2.01. The Kier molecular flexibility index (Phi) is 6.73. The summed E-state index contributed by atoms with van der Waals surface area (Å²) in [7, 11) is 0. The zero-order valence-electron chi connectivity index (χ0n) is 7.88. The maximum atomic E-state index is 9.32. The van der Waals surface area contributed by atoms with Gasteiger partial charge in [0.05, 0.1) is 18.2 Å². The second-order valence-corrected chi connectivity index (χ2v) is 2.94. The highest BCUT2D eigenvalue weighted by atomic mass is 16.3. The molecule has 0 aliphatic carbocycles. The molecule has 0 aliphatic heterocycles. The first kappa shape index (κ1) is 11.4. The highest BCUT2D eigenvalue weighted by Gasteiger charge is 2.06. The van der Waals surface area contributed by atoms with Crippen molar-refractivity contribution in [3.63, 3.8) is 0 Å². The summed E-state index contributed by atoms with van der Waals surface area (Å²) in [4.78, 5) is 0. The van der Waals surface area contributed by atoms with Crippen molar-refractivity contribution in [3.05, 3.63) is 0 Å². The molecule has 12 heavy (non-hydrogen) atoms. The monoisotopic (exact) mass is 170 g/mol. The van der Waals surface area contributed by atoms with Gasteiger partial charge in [-0.3, -0.25) is 5.32 Å². The van der Waals surface area contributed by atoms with Crippen molar-refractivity contribution in [2.75, 3.05) is 6.54 Å². The van der Waals surface area contributed by atoms with E-state index in [-0.39, 0.29) is 12.1 Å². The molecule has 0 heterocycles. The smallest absolute Gasteiger partial charge is 0.0951 e. The Morgan fingerprint density at radius 1 is 1.50 bits per heavy atom. The number of aliphatic hydroxyl groups is 1. The van der Waals surface area contributed by atoms with Crippen LogP contribution < -0.4 is 5.32 Å². The molecule has 0 spiro atoms. The number of nitrogens with zero attached hydrogens (tertiary/aromatic N) is 1. The lowest BCUT2D eigenvalue weighted by Gasteiger charge is -2.13. The maximum Gasteiger partial charge on any atom is 0.0951 e. The van der Waals surface area contributed by atoms with Crippen LogP contribution in [0.2, 0.25) is 0 Å². The second-order valence-electron chi connectivity index (χ2n) is 2.94. The van der Waals surface area contributed by atoms with Crippen molar-refractivity contribution in [1.29, 1.82) is 5.26 Å². The predicted molar refractivity (Wildman–Crippen MR) is 48.6 cm³/mol. The van der Waals surface area contributed by atoms with Crippen molar-refractivity contribution < 1.29 is 5.11 Å². The summed E-state index contributed by atoms with van der Waals surface area (Å²) in [5.41, 5.74) is 0. The van der Waals surface area contributed by atoms with Crippen molar-refractivity contribution in [2.24, 2.45) is 0 Å². The lowest BCUT2D eigenvalue weighted by Crippen LogP contribution is -2.34. The SMILES string of the molecule is CCCC(O)CNC(C#N)CC. The molecular weight excluding hydrogens is 152 g/mol. The van der Waals surface area contributed by atoms with Crippen molar-refractivity contribution in [3.8, 4) is 6.07 Å². The second kappa shape index (κ2) is 7.08. The van der Waals surface area contributed by atoms with Crippen LogP contribution in [-0.2, 0) is 0 Å².